The molecule has 0 aliphatic rings. The molecule has 0 spiro atoms. The molecule has 0 bridgehead atoms. The Morgan fingerprint density at radius 1 is 0.941 bits per heavy atom. The van der Waals surface area contributed by atoms with E-state index in [1.807, 2.05) is 20.8 Å². The minimum atomic E-state index is -3.53. The van der Waals surface area contributed by atoms with E-state index in [0.717, 1.165) is 25.7 Å². The van der Waals surface area contributed by atoms with E-state index in [4.69, 9.17) is 9.05 Å². The zero-order chi connectivity index (χ0) is 13.1. The van der Waals surface area contributed by atoms with Gasteiger partial charge in [-0.15, -0.1) is 0 Å². The first-order valence-corrected chi connectivity index (χ1v) is 8.07. The summed E-state index contributed by atoms with van der Waals surface area (Å²) < 4.78 is 22.7. The standard InChI is InChI=1S/C12H25O4P/c1-4-7-10-15-17(14,12(13)9-6-3)16-11-8-5-2/h4-11H2,1-3H3. The van der Waals surface area contributed by atoms with Crippen molar-refractivity contribution in [2.24, 2.45) is 0 Å². The van der Waals surface area contributed by atoms with Crippen molar-refractivity contribution in [3.8, 4) is 0 Å². The van der Waals surface area contributed by atoms with Gasteiger partial charge in [0.25, 0.3) is 0 Å². The van der Waals surface area contributed by atoms with Gasteiger partial charge in [-0.2, -0.15) is 0 Å². The Morgan fingerprint density at radius 3 is 1.76 bits per heavy atom. The van der Waals surface area contributed by atoms with Crippen molar-refractivity contribution in [1.29, 1.82) is 0 Å². The van der Waals surface area contributed by atoms with Crippen molar-refractivity contribution < 1.29 is 18.4 Å². The smallest absolute Gasteiger partial charge is 0.303 e. The molecule has 0 rings (SSSR count). The SMILES string of the molecule is CCCCOP(=O)(OCCCC)C(=O)CCC. The number of rotatable bonds is 11. The molecule has 0 heterocycles. The first-order valence-electron chi connectivity index (χ1n) is 6.53. The number of hydrogen-bond donors (Lipinski definition) is 0. The highest BCUT2D eigenvalue weighted by Crippen LogP contribution is 2.50. The van der Waals surface area contributed by atoms with E-state index in [1.165, 1.54) is 0 Å². The van der Waals surface area contributed by atoms with Crippen molar-refractivity contribution in [2.75, 3.05) is 13.2 Å². The Morgan fingerprint density at radius 2 is 1.41 bits per heavy atom. The highest BCUT2D eigenvalue weighted by molar-refractivity contribution is 7.71. The Bertz CT molecular complexity index is 239. The molecule has 4 nitrogen and oxygen atoms in total. The average molecular weight is 264 g/mol. The quantitative estimate of drug-likeness (QED) is 0.415. The summed E-state index contributed by atoms with van der Waals surface area (Å²) in [6.07, 6.45) is 4.39. The number of carbonyl (C=O) groups is 1. The molecule has 0 amide bonds. The van der Waals surface area contributed by atoms with Gasteiger partial charge in [0.1, 0.15) is 0 Å². The summed E-state index contributed by atoms with van der Waals surface area (Å²) in [5.41, 5.74) is -0.382. The van der Waals surface area contributed by atoms with Gasteiger partial charge in [0.2, 0.25) is 5.52 Å². The fourth-order valence-electron chi connectivity index (χ4n) is 1.19. The van der Waals surface area contributed by atoms with Gasteiger partial charge in [-0.05, 0) is 19.3 Å². The first-order chi connectivity index (χ1) is 8.10. The third kappa shape index (κ3) is 6.97. The summed E-state index contributed by atoms with van der Waals surface area (Å²) in [5.74, 6) is 0. The lowest BCUT2D eigenvalue weighted by Crippen LogP contribution is -2.08. The fraction of sp³-hybridized carbons (Fsp3) is 0.917. The first kappa shape index (κ1) is 16.8. The van der Waals surface area contributed by atoms with Crippen LogP contribution in [-0.4, -0.2) is 18.7 Å². The van der Waals surface area contributed by atoms with Crippen LogP contribution < -0.4 is 0 Å². The summed E-state index contributed by atoms with van der Waals surface area (Å²) in [4.78, 5) is 11.7. The minimum absolute atomic E-state index is 0.259. The van der Waals surface area contributed by atoms with Crippen LogP contribution in [0.25, 0.3) is 0 Å². The molecular formula is C12H25O4P. The van der Waals surface area contributed by atoms with Crippen LogP contribution in [0, 0.1) is 0 Å². The topological polar surface area (TPSA) is 52.6 Å². The average Bonchev–Trinajstić information content (AvgIpc) is 2.30. The molecule has 0 fully saturated rings. The van der Waals surface area contributed by atoms with Gasteiger partial charge in [-0.25, -0.2) is 0 Å². The summed E-state index contributed by atoms with van der Waals surface area (Å²) in [7, 11) is -3.53. The van der Waals surface area contributed by atoms with Crippen LogP contribution in [0.5, 0.6) is 0 Å². The maximum Gasteiger partial charge on any atom is 0.396 e. The lowest BCUT2D eigenvalue weighted by atomic mass is 10.4. The number of unbranched alkanes of at least 4 members (excludes halogenated alkanes) is 2. The van der Waals surface area contributed by atoms with Crippen molar-refractivity contribution in [1.82, 2.24) is 0 Å². The van der Waals surface area contributed by atoms with Crippen LogP contribution in [-0.2, 0) is 18.4 Å². The molecule has 0 saturated heterocycles. The molecule has 0 unspecified atom stereocenters. The molecule has 0 aromatic rings. The summed E-state index contributed by atoms with van der Waals surface area (Å²) in [6, 6.07) is 0. The zero-order valence-corrected chi connectivity index (χ0v) is 12.1. The largest absolute Gasteiger partial charge is 0.396 e. The van der Waals surface area contributed by atoms with Gasteiger partial charge in [-0.3, -0.25) is 9.36 Å². The monoisotopic (exact) mass is 264 g/mol. The highest BCUT2D eigenvalue weighted by Gasteiger charge is 2.33. The van der Waals surface area contributed by atoms with Crippen LogP contribution in [0.4, 0.5) is 0 Å². The van der Waals surface area contributed by atoms with Gasteiger partial charge >= 0.3 is 7.60 Å². The second-order valence-electron chi connectivity index (χ2n) is 4.01. The number of carbonyl (C=O) groups excluding carboxylic acids is 1. The lowest BCUT2D eigenvalue weighted by molar-refractivity contribution is -0.114. The van der Waals surface area contributed by atoms with Gasteiger partial charge in [0, 0.05) is 6.42 Å². The van der Waals surface area contributed by atoms with Crippen LogP contribution in [0.1, 0.15) is 59.3 Å². The molecular weight excluding hydrogens is 239 g/mol. The summed E-state index contributed by atoms with van der Waals surface area (Å²) >= 11 is 0. The van der Waals surface area contributed by atoms with Gasteiger partial charge in [0.05, 0.1) is 13.2 Å². The van der Waals surface area contributed by atoms with Gasteiger partial charge in [0.15, 0.2) is 0 Å². The summed E-state index contributed by atoms with van der Waals surface area (Å²) in [6.45, 7) is 6.56. The number of hydrogen-bond acceptors (Lipinski definition) is 4. The van der Waals surface area contributed by atoms with E-state index in [-0.39, 0.29) is 11.9 Å². The summed E-state index contributed by atoms with van der Waals surface area (Å²) in [5, 5.41) is 0. The highest BCUT2D eigenvalue weighted by atomic mass is 31.2. The maximum atomic E-state index is 12.3. The molecule has 0 aliphatic heterocycles. The zero-order valence-electron chi connectivity index (χ0n) is 11.2. The normalized spacial score (nSPS) is 11.7. The van der Waals surface area contributed by atoms with Gasteiger partial charge < -0.3 is 9.05 Å². The third-order valence-electron chi connectivity index (χ3n) is 2.29. The Balaban J connectivity index is 4.34. The van der Waals surface area contributed by atoms with Crippen molar-refractivity contribution in [3.63, 3.8) is 0 Å². The molecule has 5 heteroatoms. The predicted molar refractivity (Wildman–Crippen MR) is 69.2 cm³/mol. The van der Waals surface area contributed by atoms with E-state index < -0.39 is 7.60 Å². The Hall–Kier alpha value is -0.180. The molecule has 0 atom stereocenters. The van der Waals surface area contributed by atoms with Gasteiger partial charge in [-0.1, -0.05) is 33.6 Å². The van der Waals surface area contributed by atoms with Crippen molar-refractivity contribution in [2.45, 2.75) is 59.3 Å². The second kappa shape index (κ2) is 9.81. The molecule has 17 heavy (non-hydrogen) atoms. The third-order valence-corrected chi connectivity index (χ3v) is 4.17. The van der Waals surface area contributed by atoms with E-state index in [0.29, 0.717) is 19.6 Å². The predicted octanol–water partition coefficient (Wildman–Crippen LogP) is 4.14. The molecule has 102 valence electrons. The molecule has 0 radical (unpaired) electrons. The van der Waals surface area contributed by atoms with Crippen LogP contribution in [0.2, 0.25) is 0 Å². The molecule has 0 aromatic carbocycles. The van der Waals surface area contributed by atoms with E-state index in [2.05, 4.69) is 0 Å². The van der Waals surface area contributed by atoms with Crippen LogP contribution in [0.15, 0.2) is 0 Å². The lowest BCUT2D eigenvalue weighted by Gasteiger charge is -2.16. The molecule has 0 saturated carbocycles. The fourth-order valence-corrected chi connectivity index (χ4v) is 2.79. The van der Waals surface area contributed by atoms with Crippen molar-refractivity contribution >= 4 is 13.1 Å². The van der Waals surface area contributed by atoms with E-state index >= 15 is 0 Å². The molecule has 0 N–H and O–H groups in total. The minimum Gasteiger partial charge on any atom is -0.303 e. The van der Waals surface area contributed by atoms with Crippen LogP contribution in [0.3, 0.4) is 0 Å². The second-order valence-corrected chi connectivity index (χ2v) is 6.02. The molecule has 0 aromatic heterocycles. The Kier molecular flexibility index (Phi) is 9.71. The van der Waals surface area contributed by atoms with Crippen molar-refractivity contribution in [3.05, 3.63) is 0 Å². The van der Waals surface area contributed by atoms with E-state index in [9.17, 15) is 9.36 Å². The van der Waals surface area contributed by atoms with Crippen LogP contribution >= 0.6 is 7.60 Å². The Labute approximate surface area is 105 Å². The maximum absolute atomic E-state index is 12.3. The molecule has 0 aliphatic carbocycles. The van der Waals surface area contributed by atoms with E-state index in [1.54, 1.807) is 0 Å².